The van der Waals surface area contributed by atoms with Gasteiger partial charge in [0.1, 0.15) is 11.6 Å². The van der Waals surface area contributed by atoms with Crippen molar-refractivity contribution in [3.8, 4) is 0 Å². The molecule has 3 aromatic rings. The maximum atomic E-state index is 13.9. The minimum Gasteiger partial charge on any atom is -0.356 e. The van der Waals surface area contributed by atoms with Crippen molar-refractivity contribution in [2.24, 2.45) is 4.99 Å². The molecule has 1 unspecified atom stereocenters. The number of hydrogen-bond donors (Lipinski definition) is 2. The van der Waals surface area contributed by atoms with Crippen molar-refractivity contribution < 1.29 is 8.78 Å². The summed E-state index contributed by atoms with van der Waals surface area (Å²) in [5.41, 5.74) is 1.23. The van der Waals surface area contributed by atoms with E-state index in [2.05, 4.69) is 25.8 Å². The largest absolute Gasteiger partial charge is 0.356 e. The Labute approximate surface area is 150 Å². The molecule has 0 saturated heterocycles. The minimum atomic E-state index is -0.579. The fraction of sp³-hybridized carbons (Fsp3) is 0.278. The molecule has 0 spiro atoms. The van der Waals surface area contributed by atoms with E-state index in [4.69, 9.17) is 0 Å². The third-order valence-corrected chi connectivity index (χ3v) is 4.09. The molecule has 6 nitrogen and oxygen atoms in total. The summed E-state index contributed by atoms with van der Waals surface area (Å²) in [7, 11) is 1.65. The van der Waals surface area contributed by atoms with Crippen LogP contribution in [0.4, 0.5) is 8.78 Å². The molecule has 0 amide bonds. The summed E-state index contributed by atoms with van der Waals surface area (Å²) < 4.78 is 28.8. The van der Waals surface area contributed by atoms with Crippen molar-refractivity contribution in [1.82, 2.24) is 25.2 Å². The third-order valence-electron chi connectivity index (χ3n) is 4.09. The number of nitrogens with zero attached hydrogens (tertiary/aromatic N) is 4. The number of guanidine groups is 1. The Kier molecular flexibility index (Phi) is 5.40. The molecule has 2 N–H and O–H groups in total. The molecule has 8 heteroatoms. The molecule has 136 valence electrons. The summed E-state index contributed by atoms with van der Waals surface area (Å²) in [5.74, 6) is 0.0397. The standard InChI is InChI=1S/C18H20F2N6/c1-12(14-7-6-13(19)9-15(14)20)10-22-18(21-2)23-11-17-25-24-16-5-3-4-8-26(16)17/h3-9,12H,10-11H2,1-2H3,(H2,21,22,23). The molecular formula is C18H20F2N6. The van der Waals surface area contributed by atoms with E-state index in [0.29, 0.717) is 24.6 Å². The number of aromatic nitrogens is 3. The van der Waals surface area contributed by atoms with E-state index in [1.807, 2.05) is 35.7 Å². The van der Waals surface area contributed by atoms with Crippen LogP contribution in [0.5, 0.6) is 0 Å². The third kappa shape index (κ3) is 3.96. The number of fused-ring (bicyclic) bond motifs is 1. The fourth-order valence-corrected chi connectivity index (χ4v) is 2.66. The second-order valence-electron chi connectivity index (χ2n) is 5.92. The summed E-state index contributed by atoms with van der Waals surface area (Å²) in [6.07, 6.45) is 1.89. The van der Waals surface area contributed by atoms with Gasteiger partial charge in [-0.1, -0.05) is 19.1 Å². The van der Waals surface area contributed by atoms with Gasteiger partial charge in [-0.3, -0.25) is 9.39 Å². The average Bonchev–Trinajstić information content (AvgIpc) is 3.05. The summed E-state index contributed by atoms with van der Waals surface area (Å²) >= 11 is 0. The fourth-order valence-electron chi connectivity index (χ4n) is 2.66. The maximum Gasteiger partial charge on any atom is 0.191 e. The number of benzene rings is 1. The van der Waals surface area contributed by atoms with E-state index in [1.165, 1.54) is 12.1 Å². The van der Waals surface area contributed by atoms with E-state index < -0.39 is 11.6 Å². The summed E-state index contributed by atoms with van der Waals surface area (Å²) in [5, 5.41) is 14.5. The number of aliphatic imine (C=N–C) groups is 1. The van der Waals surface area contributed by atoms with Crippen LogP contribution < -0.4 is 10.6 Å². The highest BCUT2D eigenvalue weighted by Gasteiger charge is 2.13. The van der Waals surface area contributed by atoms with Gasteiger partial charge in [0.25, 0.3) is 0 Å². The summed E-state index contributed by atoms with van der Waals surface area (Å²) in [6.45, 7) is 2.75. The van der Waals surface area contributed by atoms with Crippen LogP contribution in [0.1, 0.15) is 24.2 Å². The number of hydrogen-bond acceptors (Lipinski definition) is 3. The van der Waals surface area contributed by atoms with Crippen LogP contribution in [-0.4, -0.2) is 34.2 Å². The first kappa shape index (κ1) is 17.8. The highest BCUT2D eigenvalue weighted by atomic mass is 19.1. The lowest BCUT2D eigenvalue weighted by molar-refractivity contribution is 0.556. The first-order valence-corrected chi connectivity index (χ1v) is 8.26. The molecule has 2 aromatic heterocycles. The highest BCUT2D eigenvalue weighted by molar-refractivity contribution is 5.79. The second-order valence-corrected chi connectivity index (χ2v) is 5.92. The van der Waals surface area contributed by atoms with E-state index >= 15 is 0 Å². The van der Waals surface area contributed by atoms with E-state index in [1.54, 1.807) is 7.05 Å². The predicted molar refractivity (Wildman–Crippen MR) is 96.0 cm³/mol. The van der Waals surface area contributed by atoms with Crippen LogP contribution in [0.2, 0.25) is 0 Å². The molecule has 1 aromatic carbocycles. The lowest BCUT2D eigenvalue weighted by Crippen LogP contribution is -2.39. The summed E-state index contributed by atoms with van der Waals surface area (Å²) in [4.78, 5) is 4.15. The van der Waals surface area contributed by atoms with E-state index in [-0.39, 0.29) is 5.92 Å². The van der Waals surface area contributed by atoms with Gasteiger partial charge in [-0.2, -0.15) is 0 Å². The summed E-state index contributed by atoms with van der Waals surface area (Å²) in [6, 6.07) is 9.31. The van der Waals surface area contributed by atoms with Crippen molar-refractivity contribution in [3.05, 3.63) is 65.6 Å². The number of pyridine rings is 1. The molecule has 26 heavy (non-hydrogen) atoms. The molecule has 1 atom stereocenters. The van der Waals surface area contributed by atoms with Gasteiger partial charge in [-0.25, -0.2) is 8.78 Å². The van der Waals surface area contributed by atoms with Gasteiger partial charge in [-0.05, 0) is 23.8 Å². The molecular weight excluding hydrogens is 338 g/mol. The smallest absolute Gasteiger partial charge is 0.191 e. The highest BCUT2D eigenvalue weighted by Crippen LogP contribution is 2.19. The minimum absolute atomic E-state index is 0.150. The van der Waals surface area contributed by atoms with E-state index in [0.717, 1.165) is 17.5 Å². The van der Waals surface area contributed by atoms with Crippen molar-refractivity contribution in [1.29, 1.82) is 0 Å². The van der Waals surface area contributed by atoms with Gasteiger partial charge >= 0.3 is 0 Å². The first-order chi connectivity index (χ1) is 12.6. The van der Waals surface area contributed by atoms with Gasteiger partial charge in [0.15, 0.2) is 17.4 Å². The van der Waals surface area contributed by atoms with Gasteiger partial charge < -0.3 is 10.6 Å². The lowest BCUT2D eigenvalue weighted by atomic mass is 10.0. The van der Waals surface area contributed by atoms with Crippen molar-refractivity contribution in [3.63, 3.8) is 0 Å². The van der Waals surface area contributed by atoms with Crippen LogP contribution in [0.15, 0.2) is 47.6 Å². The number of halogens is 2. The normalized spacial score (nSPS) is 13.0. The zero-order chi connectivity index (χ0) is 18.5. The molecule has 0 radical (unpaired) electrons. The first-order valence-electron chi connectivity index (χ1n) is 8.26. The van der Waals surface area contributed by atoms with Crippen LogP contribution in [0.25, 0.3) is 5.65 Å². The molecule has 0 aliphatic heterocycles. The van der Waals surface area contributed by atoms with Gasteiger partial charge in [-0.15, -0.1) is 10.2 Å². The molecule has 0 aliphatic carbocycles. The molecule has 3 rings (SSSR count). The van der Waals surface area contributed by atoms with Crippen LogP contribution in [-0.2, 0) is 6.54 Å². The van der Waals surface area contributed by atoms with Crippen molar-refractivity contribution in [2.45, 2.75) is 19.4 Å². The molecule has 2 heterocycles. The Hall–Kier alpha value is -3.03. The Bertz CT molecular complexity index is 921. The quantitative estimate of drug-likeness (QED) is 0.543. The van der Waals surface area contributed by atoms with Gasteiger partial charge in [0.05, 0.1) is 6.54 Å². The topological polar surface area (TPSA) is 66.6 Å². The zero-order valence-electron chi connectivity index (χ0n) is 14.6. The Morgan fingerprint density at radius 3 is 2.81 bits per heavy atom. The van der Waals surface area contributed by atoms with Crippen LogP contribution >= 0.6 is 0 Å². The Balaban J connectivity index is 1.58. The lowest BCUT2D eigenvalue weighted by Gasteiger charge is -2.16. The van der Waals surface area contributed by atoms with E-state index in [9.17, 15) is 8.78 Å². The monoisotopic (exact) mass is 358 g/mol. The number of nitrogens with one attached hydrogen (secondary N) is 2. The van der Waals surface area contributed by atoms with Crippen LogP contribution in [0.3, 0.4) is 0 Å². The average molecular weight is 358 g/mol. The SMILES string of the molecule is CN=C(NCc1nnc2ccccn12)NCC(C)c1ccc(F)cc1F. The Morgan fingerprint density at radius 2 is 2.04 bits per heavy atom. The van der Waals surface area contributed by atoms with Crippen molar-refractivity contribution in [2.75, 3.05) is 13.6 Å². The van der Waals surface area contributed by atoms with Gasteiger partial charge in [0, 0.05) is 31.8 Å². The number of rotatable bonds is 5. The molecule has 0 saturated carbocycles. The Morgan fingerprint density at radius 1 is 1.19 bits per heavy atom. The molecule has 0 aliphatic rings. The zero-order valence-corrected chi connectivity index (χ0v) is 14.6. The molecule has 0 bridgehead atoms. The van der Waals surface area contributed by atoms with Crippen molar-refractivity contribution >= 4 is 11.6 Å². The van der Waals surface area contributed by atoms with Gasteiger partial charge in [0.2, 0.25) is 0 Å². The maximum absolute atomic E-state index is 13.9. The predicted octanol–water partition coefficient (Wildman–Crippen LogP) is 2.48. The van der Waals surface area contributed by atoms with Crippen LogP contribution in [0, 0.1) is 11.6 Å². The molecule has 0 fully saturated rings. The second kappa shape index (κ2) is 7.90.